The van der Waals surface area contributed by atoms with Gasteiger partial charge in [-0.15, -0.1) is 0 Å². The zero-order valence-corrected chi connectivity index (χ0v) is 15.5. The van der Waals surface area contributed by atoms with Gasteiger partial charge in [-0.3, -0.25) is 4.40 Å². The molecule has 6 heteroatoms. The Balaban J connectivity index is 2.01. The fourth-order valence-corrected chi connectivity index (χ4v) is 3.05. The normalized spacial score (nSPS) is 10.9. The van der Waals surface area contributed by atoms with E-state index in [2.05, 4.69) is 37.0 Å². The Morgan fingerprint density at radius 2 is 2.04 bits per heavy atom. The van der Waals surface area contributed by atoms with Gasteiger partial charge >= 0.3 is 6.09 Å². The summed E-state index contributed by atoms with van der Waals surface area (Å²) in [4.78, 5) is 15.7. The minimum atomic E-state index is -0.864. The summed E-state index contributed by atoms with van der Waals surface area (Å²) in [5.74, 6) is 0.867. The number of aromatic nitrogens is 2. The third-order valence-electron chi connectivity index (χ3n) is 4.62. The van der Waals surface area contributed by atoms with Gasteiger partial charge in [0.25, 0.3) is 0 Å². The molecule has 1 amide bonds. The van der Waals surface area contributed by atoms with Gasteiger partial charge in [0.1, 0.15) is 6.61 Å². The summed E-state index contributed by atoms with van der Waals surface area (Å²) in [5, 5.41) is 0. The number of benzene rings is 1. The van der Waals surface area contributed by atoms with Crippen LogP contribution in [0.5, 0.6) is 11.5 Å². The molecule has 2 N–H and O–H groups in total. The van der Waals surface area contributed by atoms with Crippen LogP contribution in [0.3, 0.4) is 0 Å². The molecule has 0 radical (unpaired) electrons. The van der Waals surface area contributed by atoms with E-state index in [4.69, 9.17) is 15.2 Å². The van der Waals surface area contributed by atoms with Crippen molar-refractivity contribution in [1.82, 2.24) is 9.38 Å². The van der Waals surface area contributed by atoms with Gasteiger partial charge in [-0.1, -0.05) is 25.1 Å². The van der Waals surface area contributed by atoms with Crippen molar-refractivity contribution in [2.45, 2.75) is 40.7 Å². The van der Waals surface area contributed by atoms with Gasteiger partial charge in [0.05, 0.1) is 11.9 Å². The summed E-state index contributed by atoms with van der Waals surface area (Å²) in [6, 6.07) is 7.88. The summed E-state index contributed by atoms with van der Waals surface area (Å²) >= 11 is 0. The lowest BCUT2D eigenvalue weighted by Gasteiger charge is -2.14. The van der Waals surface area contributed by atoms with Crippen LogP contribution in [0.25, 0.3) is 5.65 Å². The predicted octanol–water partition coefficient (Wildman–Crippen LogP) is 3.86. The number of imidazole rings is 1. The van der Waals surface area contributed by atoms with E-state index in [-0.39, 0.29) is 0 Å². The summed E-state index contributed by atoms with van der Waals surface area (Å²) in [6.45, 7) is 8.49. The highest BCUT2D eigenvalue weighted by Gasteiger charge is 2.15. The Hall–Kier alpha value is -3.02. The minimum Gasteiger partial charge on any atom is -0.485 e. The monoisotopic (exact) mass is 353 g/mol. The van der Waals surface area contributed by atoms with Crippen molar-refractivity contribution >= 4 is 11.7 Å². The number of carbonyl (C=O) groups excluding carboxylic acids is 1. The second-order valence-electron chi connectivity index (χ2n) is 6.29. The summed E-state index contributed by atoms with van der Waals surface area (Å²) in [7, 11) is 0. The molecule has 26 heavy (non-hydrogen) atoms. The van der Waals surface area contributed by atoms with Crippen LogP contribution in [-0.4, -0.2) is 15.5 Å². The number of hydrogen-bond donors (Lipinski definition) is 1. The standard InChI is InChI=1S/C20H23N3O3/c1-5-15-8-6-7-12(2)17(15)11-25-18-9-16(26-20(21)24)10-23-14(4)13(3)22-19(18)23/h6-10H,5,11H2,1-4H3,(H2,21,24). The number of rotatable bonds is 5. The predicted molar refractivity (Wildman–Crippen MR) is 99.8 cm³/mol. The maximum Gasteiger partial charge on any atom is 0.410 e. The zero-order valence-electron chi connectivity index (χ0n) is 15.5. The number of hydrogen-bond acceptors (Lipinski definition) is 4. The lowest BCUT2D eigenvalue weighted by Crippen LogP contribution is -2.16. The van der Waals surface area contributed by atoms with Crippen molar-refractivity contribution in [2.75, 3.05) is 0 Å². The Morgan fingerprint density at radius 1 is 1.27 bits per heavy atom. The van der Waals surface area contributed by atoms with E-state index in [1.54, 1.807) is 12.3 Å². The fourth-order valence-electron chi connectivity index (χ4n) is 3.05. The maximum atomic E-state index is 11.1. The van der Waals surface area contributed by atoms with Crippen molar-refractivity contribution in [2.24, 2.45) is 5.73 Å². The van der Waals surface area contributed by atoms with Gasteiger partial charge in [0.2, 0.25) is 0 Å². The molecule has 2 aromatic heterocycles. The van der Waals surface area contributed by atoms with Crippen LogP contribution in [0.4, 0.5) is 4.79 Å². The molecule has 2 heterocycles. The van der Waals surface area contributed by atoms with Crippen LogP contribution in [-0.2, 0) is 13.0 Å². The second kappa shape index (κ2) is 7.07. The lowest BCUT2D eigenvalue weighted by atomic mass is 10.0. The topological polar surface area (TPSA) is 78.9 Å². The molecular weight excluding hydrogens is 330 g/mol. The first kappa shape index (κ1) is 17.8. The van der Waals surface area contributed by atoms with E-state index >= 15 is 0 Å². The summed E-state index contributed by atoms with van der Waals surface area (Å²) in [5.41, 5.74) is 11.3. The maximum absolute atomic E-state index is 11.1. The molecule has 136 valence electrons. The van der Waals surface area contributed by atoms with E-state index < -0.39 is 6.09 Å². The molecule has 0 unspecified atom stereocenters. The molecule has 0 spiro atoms. The number of nitrogens with two attached hydrogens (primary N) is 1. The molecule has 3 rings (SSSR count). The van der Waals surface area contributed by atoms with Gasteiger partial charge in [-0.25, -0.2) is 9.78 Å². The first-order chi connectivity index (χ1) is 12.4. The van der Waals surface area contributed by atoms with Crippen molar-refractivity contribution in [3.8, 4) is 11.5 Å². The van der Waals surface area contributed by atoms with Gasteiger partial charge in [0, 0.05) is 11.8 Å². The number of carbonyl (C=O) groups is 1. The largest absolute Gasteiger partial charge is 0.485 e. The first-order valence-electron chi connectivity index (χ1n) is 8.57. The lowest BCUT2D eigenvalue weighted by molar-refractivity contribution is 0.210. The Morgan fingerprint density at radius 3 is 2.73 bits per heavy atom. The highest BCUT2D eigenvalue weighted by atomic mass is 16.5. The first-order valence-corrected chi connectivity index (χ1v) is 8.57. The Bertz CT molecular complexity index is 976. The van der Waals surface area contributed by atoms with Crippen molar-refractivity contribution in [3.63, 3.8) is 0 Å². The quantitative estimate of drug-likeness (QED) is 0.755. The molecule has 1 aromatic carbocycles. The molecule has 0 saturated heterocycles. The average molecular weight is 353 g/mol. The van der Waals surface area contributed by atoms with E-state index in [1.807, 2.05) is 18.2 Å². The van der Waals surface area contributed by atoms with Crippen LogP contribution in [0.15, 0.2) is 30.5 Å². The fraction of sp³-hybridized carbons (Fsp3) is 0.300. The number of amides is 1. The molecular formula is C20H23N3O3. The van der Waals surface area contributed by atoms with Crippen LogP contribution < -0.4 is 15.2 Å². The second-order valence-corrected chi connectivity index (χ2v) is 6.29. The number of nitrogens with zero attached hydrogens (tertiary/aromatic N) is 2. The van der Waals surface area contributed by atoms with E-state index in [0.29, 0.717) is 23.8 Å². The minimum absolute atomic E-state index is 0.320. The number of fused-ring (bicyclic) bond motifs is 1. The Labute approximate surface area is 152 Å². The molecule has 0 bridgehead atoms. The molecule has 0 aliphatic carbocycles. The van der Waals surface area contributed by atoms with Crippen LogP contribution >= 0.6 is 0 Å². The average Bonchev–Trinajstić information content (AvgIpc) is 2.88. The number of primary amides is 1. The third kappa shape index (κ3) is 3.35. The summed E-state index contributed by atoms with van der Waals surface area (Å²) in [6.07, 6.45) is 1.76. The summed E-state index contributed by atoms with van der Waals surface area (Å²) < 4.78 is 13.0. The van der Waals surface area contributed by atoms with Gasteiger partial charge < -0.3 is 15.2 Å². The van der Waals surface area contributed by atoms with Gasteiger partial charge in [-0.05, 0) is 43.9 Å². The third-order valence-corrected chi connectivity index (χ3v) is 4.62. The van der Waals surface area contributed by atoms with Gasteiger partial charge in [0.15, 0.2) is 17.1 Å². The zero-order chi connectivity index (χ0) is 18.8. The molecule has 0 aliphatic heterocycles. The van der Waals surface area contributed by atoms with E-state index in [9.17, 15) is 4.79 Å². The molecule has 3 aromatic rings. The number of ether oxygens (including phenoxy) is 2. The SMILES string of the molecule is CCc1cccc(C)c1COc1cc(OC(N)=O)cn2c(C)c(C)nc12. The molecule has 0 atom stereocenters. The van der Waals surface area contributed by atoms with Gasteiger partial charge in [-0.2, -0.15) is 0 Å². The highest BCUT2D eigenvalue weighted by molar-refractivity contribution is 5.69. The molecule has 0 aliphatic rings. The van der Waals surface area contributed by atoms with Crippen molar-refractivity contribution in [1.29, 1.82) is 0 Å². The van der Waals surface area contributed by atoms with Crippen LogP contribution in [0.2, 0.25) is 0 Å². The smallest absolute Gasteiger partial charge is 0.410 e. The van der Waals surface area contributed by atoms with Crippen molar-refractivity contribution < 1.29 is 14.3 Å². The molecule has 0 fully saturated rings. The number of pyridine rings is 1. The highest BCUT2D eigenvalue weighted by Crippen LogP contribution is 2.29. The van der Waals surface area contributed by atoms with Crippen LogP contribution in [0, 0.1) is 20.8 Å². The van der Waals surface area contributed by atoms with E-state index in [0.717, 1.165) is 23.4 Å². The van der Waals surface area contributed by atoms with E-state index in [1.165, 1.54) is 11.1 Å². The molecule has 0 saturated carbocycles. The number of aryl methyl sites for hydroxylation is 4. The van der Waals surface area contributed by atoms with Crippen LogP contribution in [0.1, 0.15) is 35.0 Å². The van der Waals surface area contributed by atoms with Crippen molar-refractivity contribution in [3.05, 3.63) is 58.5 Å². The Kier molecular flexibility index (Phi) is 4.84. The molecule has 6 nitrogen and oxygen atoms in total.